The molecule has 0 atom stereocenters. The lowest BCUT2D eigenvalue weighted by Gasteiger charge is -2.31. The first-order valence-electron chi connectivity index (χ1n) is 8.16. The maximum Gasteiger partial charge on any atom is 0.119 e. The van der Waals surface area contributed by atoms with Gasteiger partial charge in [-0.05, 0) is 49.3 Å². The SMILES string of the molecule is CCCOc1ccc(OCC(CS)(CCC)CCC)cc1. The van der Waals surface area contributed by atoms with Crippen molar-refractivity contribution in [3.8, 4) is 11.5 Å². The molecule has 3 heteroatoms. The summed E-state index contributed by atoms with van der Waals surface area (Å²) < 4.78 is 11.6. The number of thiol groups is 1. The summed E-state index contributed by atoms with van der Waals surface area (Å²) >= 11 is 4.57. The van der Waals surface area contributed by atoms with Gasteiger partial charge < -0.3 is 9.47 Å². The number of hydrogen-bond donors (Lipinski definition) is 1. The normalized spacial score (nSPS) is 11.4. The van der Waals surface area contributed by atoms with Gasteiger partial charge in [0.05, 0.1) is 13.2 Å². The van der Waals surface area contributed by atoms with Crippen molar-refractivity contribution in [1.29, 1.82) is 0 Å². The van der Waals surface area contributed by atoms with Crippen LogP contribution < -0.4 is 9.47 Å². The van der Waals surface area contributed by atoms with E-state index in [0.717, 1.165) is 36.9 Å². The van der Waals surface area contributed by atoms with Crippen LogP contribution in [-0.2, 0) is 0 Å². The maximum atomic E-state index is 6.02. The van der Waals surface area contributed by atoms with Gasteiger partial charge in [0.1, 0.15) is 11.5 Å². The molecule has 120 valence electrons. The minimum atomic E-state index is 0.198. The van der Waals surface area contributed by atoms with Crippen molar-refractivity contribution < 1.29 is 9.47 Å². The number of benzene rings is 1. The summed E-state index contributed by atoms with van der Waals surface area (Å²) in [6, 6.07) is 7.94. The van der Waals surface area contributed by atoms with Crippen LogP contribution in [0, 0.1) is 5.41 Å². The molecule has 1 aromatic rings. The van der Waals surface area contributed by atoms with Crippen LogP contribution in [-0.4, -0.2) is 19.0 Å². The summed E-state index contributed by atoms with van der Waals surface area (Å²) in [5, 5.41) is 0. The van der Waals surface area contributed by atoms with Crippen molar-refractivity contribution >= 4 is 12.6 Å². The molecule has 0 bridgehead atoms. The minimum Gasteiger partial charge on any atom is -0.494 e. The number of ether oxygens (including phenoxy) is 2. The summed E-state index contributed by atoms with van der Waals surface area (Å²) in [6.45, 7) is 8.07. The average Bonchev–Trinajstić information content (AvgIpc) is 2.52. The molecular formula is C18H30O2S. The molecule has 0 aliphatic heterocycles. The molecule has 1 aromatic carbocycles. The molecule has 0 fully saturated rings. The van der Waals surface area contributed by atoms with Gasteiger partial charge in [0.15, 0.2) is 0 Å². The molecule has 0 spiro atoms. The van der Waals surface area contributed by atoms with E-state index in [1.165, 1.54) is 25.7 Å². The lowest BCUT2D eigenvalue weighted by Crippen LogP contribution is -2.30. The molecule has 0 amide bonds. The molecule has 0 aliphatic rings. The predicted molar refractivity (Wildman–Crippen MR) is 93.8 cm³/mol. The van der Waals surface area contributed by atoms with Crippen LogP contribution in [0.1, 0.15) is 52.9 Å². The van der Waals surface area contributed by atoms with Crippen LogP contribution in [0.5, 0.6) is 11.5 Å². The summed E-state index contributed by atoms with van der Waals surface area (Å²) in [7, 11) is 0. The highest BCUT2D eigenvalue weighted by Gasteiger charge is 2.27. The van der Waals surface area contributed by atoms with Crippen molar-refractivity contribution in [3.05, 3.63) is 24.3 Å². The lowest BCUT2D eigenvalue weighted by atomic mass is 9.82. The summed E-state index contributed by atoms with van der Waals surface area (Å²) in [5.41, 5.74) is 0.198. The monoisotopic (exact) mass is 310 g/mol. The topological polar surface area (TPSA) is 18.5 Å². The maximum absolute atomic E-state index is 6.02. The molecule has 0 aromatic heterocycles. The van der Waals surface area contributed by atoms with E-state index < -0.39 is 0 Å². The molecule has 1 rings (SSSR count). The molecule has 0 heterocycles. The van der Waals surface area contributed by atoms with E-state index in [1.807, 2.05) is 24.3 Å². The van der Waals surface area contributed by atoms with Gasteiger partial charge in [-0.25, -0.2) is 0 Å². The molecule has 21 heavy (non-hydrogen) atoms. The average molecular weight is 311 g/mol. The second-order valence-corrected chi connectivity index (χ2v) is 6.08. The Kier molecular flexibility index (Phi) is 8.67. The Hall–Kier alpha value is -0.830. The van der Waals surface area contributed by atoms with Crippen LogP contribution in [0.4, 0.5) is 0 Å². The van der Waals surface area contributed by atoms with Gasteiger partial charge in [-0.3, -0.25) is 0 Å². The van der Waals surface area contributed by atoms with Crippen LogP contribution >= 0.6 is 12.6 Å². The van der Waals surface area contributed by atoms with Crippen molar-refractivity contribution in [3.63, 3.8) is 0 Å². The van der Waals surface area contributed by atoms with Crippen molar-refractivity contribution in [2.45, 2.75) is 52.9 Å². The Morgan fingerprint density at radius 2 is 1.38 bits per heavy atom. The van der Waals surface area contributed by atoms with Gasteiger partial charge in [0.25, 0.3) is 0 Å². The Bertz CT molecular complexity index is 369. The Morgan fingerprint density at radius 3 is 1.81 bits per heavy atom. The Balaban J connectivity index is 2.58. The fourth-order valence-corrected chi connectivity index (χ4v) is 3.03. The van der Waals surface area contributed by atoms with Crippen LogP contribution in [0.2, 0.25) is 0 Å². The molecule has 0 N–H and O–H groups in total. The van der Waals surface area contributed by atoms with Gasteiger partial charge in [0, 0.05) is 5.41 Å². The molecule has 0 saturated carbocycles. The Morgan fingerprint density at radius 1 is 0.857 bits per heavy atom. The molecule has 0 aliphatic carbocycles. The fourth-order valence-electron chi connectivity index (χ4n) is 2.62. The van der Waals surface area contributed by atoms with E-state index in [1.54, 1.807) is 0 Å². The highest BCUT2D eigenvalue weighted by Crippen LogP contribution is 2.32. The first-order valence-corrected chi connectivity index (χ1v) is 8.79. The van der Waals surface area contributed by atoms with Gasteiger partial charge in [0.2, 0.25) is 0 Å². The zero-order valence-corrected chi connectivity index (χ0v) is 14.6. The van der Waals surface area contributed by atoms with Crippen molar-refractivity contribution in [2.24, 2.45) is 5.41 Å². The van der Waals surface area contributed by atoms with Crippen molar-refractivity contribution in [1.82, 2.24) is 0 Å². The molecule has 2 nitrogen and oxygen atoms in total. The molecular weight excluding hydrogens is 280 g/mol. The van der Waals surface area contributed by atoms with E-state index >= 15 is 0 Å². The molecule has 0 saturated heterocycles. The van der Waals surface area contributed by atoms with Crippen molar-refractivity contribution in [2.75, 3.05) is 19.0 Å². The third-order valence-electron chi connectivity index (χ3n) is 3.74. The summed E-state index contributed by atoms with van der Waals surface area (Å²) in [5.74, 6) is 2.70. The van der Waals surface area contributed by atoms with Gasteiger partial charge >= 0.3 is 0 Å². The van der Waals surface area contributed by atoms with Gasteiger partial charge in [-0.1, -0.05) is 33.6 Å². The first kappa shape index (κ1) is 18.2. The smallest absolute Gasteiger partial charge is 0.119 e. The summed E-state index contributed by atoms with van der Waals surface area (Å²) in [4.78, 5) is 0. The van der Waals surface area contributed by atoms with Crippen LogP contribution in [0.3, 0.4) is 0 Å². The van der Waals surface area contributed by atoms with Crippen LogP contribution in [0.15, 0.2) is 24.3 Å². The minimum absolute atomic E-state index is 0.198. The van der Waals surface area contributed by atoms with Crippen LogP contribution in [0.25, 0.3) is 0 Å². The predicted octanol–water partition coefficient (Wildman–Crippen LogP) is 5.37. The largest absolute Gasteiger partial charge is 0.494 e. The second kappa shape index (κ2) is 9.99. The number of rotatable bonds is 11. The number of hydrogen-bond acceptors (Lipinski definition) is 3. The molecule has 0 unspecified atom stereocenters. The van der Waals surface area contributed by atoms with E-state index in [2.05, 4.69) is 33.4 Å². The standard InChI is InChI=1S/C18H30O2S/c1-4-11-18(15-21,12-5-2)14-20-17-9-7-16(8-10-17)19-13-6-3/h7-10,21H,4-6,11-15H2,1-3H3. The lowest BCUT2D eigenvalue weighted by molar-refractivity contribution is 0.143. The van der Waals surface area contributed by atoms with Gasteiger partial charge in [-0.2, -0.15) is 12.6 Å². The third-order valence-corrected chi connectivity index (χ3v) is 4.41. The van der Waals surface area contributed by atoms with E-state index in [9.17, 15) is 0 Å². The Labute approximate surface area is 135 Å². The zero-order valence-electron chi connectivity index (χ0n) is 13.7. The quantitative estimate of drug-likeness (QED) is 0.554. The second-order valence-electron chi connectivity index (χ2n) is 5.77. The highest BCUT2D eigenvalue weighted by molar-refractivity contribution is 7.80. The highest BCUT2D eigenvalue weighted by atomic mass is 32.1. The van der Waals surface area contributed by atoms with Gasteiger partial charge in [-0.15, -0.1) is 0 Å². The van der Waals surface area contributed by atoms with E-state index in [4.69, 9.17) is 9.47 Å². The third kappa shape index (κ3) is 6.21. The summed E-state index contributed by atoms with van der Waals surface area (Å²) in [6.07, 6.45) is 5.71. The van der Waals surface area contributed by atoms with E-state index in [0.29, 0.717) is 0 Å². The first-order chi connectivity index (χ1) is 10.2. The fraction of sp³-hybridized carbons (Fsp3) is 0.667. The van der Waals surface area contributed by atoms with E-state index in [-0.39, 0.29) is 5.41 Å². The zero-order chi connectivity index (χ0) is 15.6. The molecule has 0 radical (unpaired) electrons.